The van der Waals surface area contributed by atoms with Gasteiger partial charge in [-0.15, -0.1) is 0 Å². The van der Waals surface area contributed by atoms with Gasteiger partial charge >= 0.3 is 12.8 Å². The molecule has 19 heavy (non-hydrogen) atoms. The Morgan fingerprint density at radius 1 is 1.58 bits per heavy atom. The summed E-state index contributed by atoms with van der Waals surface area (Å²) in [5.74, 6) is 0.125. The predicted molar refractivity (Wildman–Crippen MR) is 67.1 cm³/mol. The zero-order chi connectivity index (χ0) is 14.0. The van der Waals surface area contributed by atoms with Crippen molar-refractivity contribution in [2.75, 3.05) is 5.73 Å². The van der Waals surface area contributed by atoms with E-state index in [0.29, 0.717) is 6.42 Å². The third-order valence-corrected chi connectivity index (χ3v) is 3.08. The smallest absolute Gasteiger partial charge is 0.427 e. The maximum atomic E-state index is 11.6. The van der Waals surface area contributed by atoms with Gasteiger partial charge in [0.05, 0.1) is 12.2 Å². The van der Waals surface area contributed by atoms with Crippen molar-refractivity contribution in [1.29, 1.82) is 0 Å². The van der Waals surface area contributed by atoms with Gasteiger partial charge in [-0.1, -0.05) is 0 Å². The van der Waals surface area contributed by atoms with Gasteiger partial charge in [0.15, 0.2) is 0 Å². The summed E-state index contributed by atoms with van der Waals surface area (Å²) < 4.78 is 6.80. The highest BCUT2D eigenvalue weighted by atomic mass is 16.5. The minimum absolute atomic E-state index is 0.101. The molecule has 0 bridgehead atoms. The number of hydrogen-bond acceptors (Lipinski definition) is 7. The first-order valence-corrected chi connectivity index (χ1v) is 6.01. The van der Waals surface area contributed by atoms with E-state index >= 15 is 0 Å². The highest BCUT2D eigenvalue weighted by Crippen LogP contribution is 2.30. The van der Waals surface area contributed by atoms with E-state index < -0.39 is 31.2 Å². The van der Waals surface area contributed by atoms with Crippen molar-refractivity contribution in [3.8, 4) is 0 Å². The summed E-state index contributed by atoms with van der Waals surface area (Å²) in [7, 11) is -1.43. The molecule has 0 spiro atoms. The number of rotatable bonds is 4. The number of aliphatic hydroxyl groups excluding tert-OH is 1. The molecule has 3 atom stereocenters. The lowest BCUT2D eigenvalue weighted by Crippen LogP contribution is -2.27. The predicted octanol–water partition coefficient (Wildman–Crippen LogP) is -1.66. The number of nitrogen functional groups attached to an aromatic ring is 1. The van der Waals surface area contributed by atoms with E-state index in [-0.39, 0.29) is 18.6 Å². The molecule has 5 N–H and O–H groups in total. The number of aromatic nitrogens is 2. The Kier molecular flexibility index (Phi) is 4.20. The monoisotopic (exact) mass is 269 g/mol. The molecule has 2 heterocycles. The fraction of sp³-hybridized carbons (Fsp3) is 0.600. The topological polar surface area (TPSA) is 131 Å². The Morgan fingerprint density at radius 3 is 2.95 bits per heavy atom. The third-order valence-electron chi connectivity index (χ3n) is 3.08. The molecule has 0 aliphatic carbocycles. The number of nitrogens with two attached hydrogens (primary N) is 1. The highest BCUT2D eigenvalue weighted by Gasteiger charge is 2.35. The van der Waals surface area contributed by atoms with Crippen molar-refractivity contribution in [2.24, 2.45) is 0 Å². The third kappa shape index (κ3) is 3.32. The van der Waals surface area contributed by atoms with Gasteiger partial charge in [0.1, 0.15) is 12.0 Å². The van der Waals surface area contributed by atoms with Crippen LogP contribution in [0.3, 0.4) is 0 Å². The normalized spacial score (nSPS) is 26.6. The number of nitrogens with zero attached hydrogens (tertiary/aromatic N) is 2. The van der Waals surface area contributed by atoms with Gasteiger partial charge in [-0.2, -0.15) is 4.98 Å². The van der Waals surface area contributed by atoms with Gasteiger partial charge in [-0.25, -0.2) is 4.79 Å². The van der Waals surface area contributed by atoms with E-state index in [4.69, 9.17) is 20.5 Å². The van der Waals surface area contributed by atoms with E-state index in [0.717, 1.165) is 0 Å². The van der Waals surface area contributed by atoms with Crippen LogP contribution in [-0.2, 0) is 4.74 Å². The molecule has 0 unspecified atom stereocenters. The molecule has 104 valence electrons. The largest absolute Gasteiger partial charge is 0.451 e. The summed E-state index contributed by atoms with van der Waals surface area (Å²) in [4.78, 5) is 15.2. The minimum atomic E-state index is -1.43. The molecule has 1 aromatic heterocycles. The van der Waals surface area contributed by atoms with Gasteiger partial charge in [-0.3, -0.25) is 4.57 Å². The quantitative estimate of drug-likeness (QED) is 0.481. The molecular formula is C10H16BN3O5. The van der Waals surface area contributed by atoms with Crippen molar-refractivity contribution in [3.05, 3.63) is 22.7 Å². The van der Waals surface area contributed by atoms with E-state index in [1.54, 1.807) is 0 Å². The number of ether oxygens (including phenoxy) is 1. The maximum Gasteiger partial charge on any atom is 0.451 e. The van der Waals surface area contributed by atoms with Crippen molar-refractivity contribution >= 4 is 12.9 Å². The van der Waals surface area contributed by atoms with Crippen LogP contribution in [0.1, 0.15) is 19.1 Å². The molecule has 1 saturated heterocycles. The standard InChI is InChI=1S/C10H16BN3O5/c12-8-2-4-14(10(16)13-8)9-5-6(15)7(19-9)1-3-11(17)18/h2,4,6-7,9,15,17-18H,1,3,5H2,(H2,12,13,16)/t6-,7+,9+/m0/s1. The van der Waals surface area contributed by atoms with Gasteiger partial charge in [-0.05, 0) is 18.8 Å². The fourth-order valence-electron chi connectivity index (χ4n) is 2.10. The number of hydrogen-bond donors (Lipinski definition) is 4. The maximum absolute atomic E-state index is 11.6. The summed E-state index contributed by atoms with van der Waals surface area (Å²) in [5, 5.41) is 27.4. The van der Waals surface area contributed by atoms with Crippen LogP contribution in [-0.4, -0.2) is 44.0 Å². The molecular weight excluding hydrogens is 253 g/mol. The van der Waals surface area contributed by atoms with Crippen molar-refractivity contribution in [2.45, 2.75) is 37.6 Å². The second kappa shape index (κ2) is 5.70. The zero-order valence-corrected chi connectivity index (χ0v) is 10.2. The summed E-state index contributed by atoms with van der Waals surface area (Å²) in [6.07, 6.45) is 0.208. The number of aliphatic hydroxyl groups is 1. The fourth-order valence-corrected chi connectivity index (χ4v) is 2.10. The van der Waals surface area contributed by atoms with Gasteiger partial charge in [0.25, 0.3) is 0 Å². The second-order valence-corrected chi connectivity index (χ2v) is 4.53. The van der Waals surface area contributed by atoms with Crippen LogP contribution in [0.2, 0.25) is 6.32 Å². The molecule has 1 aromatic rings. The SMILES string of the molecule is Nc1ccn([C@H]2C[C@H](O)[C@@H](CCB(O)O)O2)c(=O)n1. The van der Waals surface area contributed by atoms with Crippen LogP contribution < -0.4 is 11.4 Å². The molecule has 1 fully saturated rings. The van der Waals surface area contributed by atoms with Gasteiger partial charge in [0, 0.05) is 12.6 Å². The average Bonchev–Trinajstić information content (AvgIpc) is 2.67. The van der Waals surface area contributed by atoms with Crippen LogP contribution in [0.25, 0.3) is 0 Å². The summed E-state index contributed by atoms with van der Waals surface area (Å²) >= 11 is 0. The Labute approximate surface area is 109 Å². The van der Waals surface area contributed by atoms with Crippen molar-refractivity contribution in [1.82, 2.24) is 9.55 Å². The van der Waals surface area contributed by atoms with E-state index in [1.165, 1.54) is 16.8 Å². The molecule has 1 aliphatic heterocycles. The van der Waals surface area contributed by atoms with Crippen LogP contribution in [0, 0.1) is 0 Å². The van der Waals surface area contributed by atoms with Gasteiger partial charge < -0.3 is 25.6 Å². The highest BCUT2D eigenvalue weighted by molar-refractivity contribution is 6.40. The molecule has 0 amide bonds. The van der Waals surface area contributed by atoms with Gasteiger partial charge in [0.2, 0.25) is 0 Å². The summed E-state index contributed by atoms with van der Waals surface area (Å²) in [6.45, 7) is 0. The van der Waals surface area contributed by atoms with E-state index in [1.807, 2.05) is 0 Å². The average molecular weight is 269 g/mol. The molecule has 1 aliphatic rings. The van der Waals surface area contributed by atoms with Crippen LogP contribution in [0.5, 0.6) is 0 Å². The number of anilines is 1. The van der Waals surface area contributed by atoms with Crippen LogP contribution >= 0.6 is 0 Å². The van der Waals surface area contributed by atoms with Crippen LogP contribution in [0.15, 0.2) is 17.1 Å². The molecule has 2 rings (SSSR count). The molecule has 8 nitrogen and oxygen atoms in total. The summed E-state index contributed by atoms with van der Waals surface area (Å²) in [6, 6.07) is 1.47. The first-order chi connectivity index (χ1) is 8.97. The lowest BCUT2D eigenvalue weighted by Gasteiger charge is -2.15. The first-order valence-electron chi connectivity index (χ1n) is 6.01. The van der Waals surface area contributed by atoms with E-state index in [9.17, 15) is 9.90 Å². The zero-order valence-electron chi connectivity index (χ0n) is 10.2. The molecule has 0 saturated carbocycles. The molecule has 9 heteroatoms. The second-order valence-electron chi connectivity index (χ2n) is 4.53. The Bertz CT molecular complexity index is 494. The Morgan fingerprint density at radius 2 is 2.32 bits per heavy atom. The Balaban J connectivity index is 2.05. The van der Waals surface area contributed by atoms with Crippen LogP contribution in [0.4, 0.5) is 5.82 Å². The summed E-state index contributed by atoms with van der Waals surface area (Å²) in [5.41, 5.74) is 4.85. The minimum Gasteiger partial charge on any atom is -0.427 e. The first kappa shape index (κ1) is 14.0. The molecule has 0 radical (unpaired) electrons. The van der Waals surface area contributed by atoms with Crippen molar-refractivity contribution < 1.29 is 19.9 Å². The Hall–Kier alpha value is -1.42. The van der Waals surface area contributed by atoms with E-state index in [2.05, 4.69) is 4.98 Å². The lowest BCUT2D eigenvalue weighted by atomic mass is 9.82. The molecule has 0 aromatic carbocycles. The lowest BCUT2D eigenvalue weighted by molar-refractivity contribution is -0.0222. The van der Waals surface area contributed by atoms with Crippen molar-refractivity contribution in [3.63, 3.8) is 0 Å².